The number of nitrogens with zero attached hydrogens (tertiary/aromatic N) is 8. The Balaban J connectivity index is 0.000000195. The van der Waals surface area contributed by atoms with Gasteiger partial charge in [-0.3, -0.25) is 19.2 Å². The van der Waals surface area contributed by atoms with E-state index in [1.54, 1.807) is 0 Å². The van der Waals surface area contributed by atoms with Crippen LogP contribution in [0.5, 0.6) is 0 Å². The molecule has 4 amide bonds. The second-order valence-electron chi connectivity index (χ2n) is 35.1. The molecule has 4 atom stereocenters. The van der Waals surface area contributed by atoms with E-state index in [1.165, 1.54) is 12.8 Å². The SMILES string of the molecule is Cc1cc(C)c2c(c1)CC(=N/OCC(=O)N1CCCCC1)/C=C/CC(C)/C=C/COC2=O.Cc1cc(C)c2c(c1)CC(=N\OCC(=O)N1CCCCC1)/C=C/CC(C)/C=C/COC2=O.Cc1cc(C)c2c(c1Cl)CC(=N/OCC(=O)N1CCCCC1)/C=C/CC(C)/C=C/COC2=O.Cc1cc(C)c2c(c1Cl)CC(=N\OCC(=O)N1CCCCC1)/C=C/CC(C)/C=C/COC2=O. The number of amides is 4. The van der Waals surface area contributed by atoms with Crippen molar-refractivity contribution < 1.29 is 76.7 Å². The molecule has 26 heteroatoms. The Morgan fingerprint density at radius 3 is 0.823 bits per heavy atom. The van der Waals surface area contributed by atoms with Crippen LogP contribution in [0.2, 0.25) is 10.0 Å². The van der Waals surface area contributed by atoms with Gasteiger partial charge in [-0.15, -0.1) is 0 Å². The van der Waals surface area contributed by atoms with Crippen LogP contribution in [0, 0.1) is 79.1 Å². The number of benzene rings is 4. The maximum atomic E-state index is 12.9. The third-order valence-corrected chi connectivity index (χ3v) is 24.6. The van der Waals surface area contributed by atoms with Crippen molar-refractivity contribution in [2.75, 3.05) is 105 Å². The molecule has 0 spiro atoms. The molecule has 8 aliphatic rings. The lowest BCUT2D eigenvalue weighted by molar-refractivity contribution is -0.137. The van der Waals surface area contributed by atoms with Gasteiger partial charge in [0, 0.05) is 88.1 Å². The third-order valence-electron chi connectivity index (χ3n) is 23.6. The van der Waals surface area contributed by atoms with Crippen LogP contribution >= 0.6 is 23.2 Å². The van der Waals surface area contributed by atoms with E-state index < -0.39 is 11.9 Å². The Hall–Kier alpha value is -11.0. The van der Waals surface area contributed by atoms with Gasteiger partial charge in [-0.1, -0.05) is 192 Å². The summed E-state index contributed by atoms with van der Waals surface area (Å²) in [5, 5.41) is 18.1. The van der Waals surface area contributed by atoms with Gasteiger partial charge in [-0.2, -0.15) is 0 Å². The second kappa shape index (κ2) is 54.0. The summed E-state index contributed by atoms with van der Waals surface area (Å²) in [6, 6.07) is 11.7. The van der Waals surface area contributed by atoms with Crippen molar-refractivity contribution in [3.8, 4) is 0 Å². The number of rotatable bonds is 12. The number of hydrogen-bond donors (Lipinski definition) is 0. The number of cyclic esters (lactones) is 4. The van der Waals surface area contributed by atoms with Gasteiger partial charge in [-0.05, 0) is 262 Å². The van der Waals surface area contributed by atoms with Gasteiger partial charge in [-0.25, -0.2) is 19.2 Å². The first-order valence-corrected chi connectivity index (χ1v) is 47.0. The number of fused-ring (bicyclic) bond motifs is 4. The van der Waals surface area contributed by atoms with Crippen LogP contribution in [0.15, 0.2) is 154 Å². The first-order valence-electron chi connectivity index (χ1n) is 46.3. The first kappa shape index (κ1) is 103. The minimum Gasteiger partial charge on any atom is -0.458 e. The maximum Gasteiger partial charge on any atom is 0.339 e. The molecule has 0 aliphatic carbocycles. The summed E-state index contributed by atoms with van der Waals surface area (Å²) in [6.07, 6.45) is 49.1. The average molecular weight is 1820 g/mol. The van der Waals surface area contributed by atoms with Gasteiger partial charge >= 0.3 is 23.9 Å². The quantitative estimate of drug-likeness (QED) is 0.0552. The average Bonchev–Trinajstić information content (AvgIpc) is 0.817. The van der Waals surface area contributed by atoms with Crippen LogP contribution in [0.25, 0.3) is 0 Å². The lowest BCUT2D eigenvalue weighted by Crippen LogP contribution is -2.37. The molecule has 0 N–H and O–H groups in total. The molecule has 130 heavy (non-hydrogen) atoms. The standard InChI is InChI=1S/2C26H33ClN2O4.2C26H34N2O4/c2*1-18-9-7-11-21(28-33-17-23(30)29-12-5-4-6-13-29)16-22-24(26(31)32-14-8-10-18)19(2)15-20(3)25(22)27;2*1-19-9-7-11-23(27-32-18-24(29)28-12-5-4-6-13-28)17-22-16-20(2)15-21(3)25(22)26(30)31-14-8-10-19/h2*7-8,10-11,15,18H,4-6,9,12-14,16-17H2,1-3H3;2*7-8,10-11,15-16,19H,4-6,9,12-14,17-18H2,1-3H3/b10-8+,11-7+,28-21+;10-8+,11-7+,28-21-;10-8+,11-7+,27-23+;10-8+,11-7+,27-23-. The van der Waals surface area contributed by atoms with Crippen LogP contribution in [0.4, 0.5) is 0 Å². The summed E-state index contributed by atoms with van der Waals surface area (Å²) < 4.78 is 22.0. The largest absolute Gasteiger partial charge is 0.458 e. The minimum absolute atomic E-state index is 0.0305. The van der Waals surface area contributed by atoms with Crippen LogP contribution in [-0.4, -0.2) is 195 Å². The molecule has 12 rings (SSSR count). The van der Waals surface area contributed by atoms with Gasteiger partial charge in [0.15, 0.2) is 26.4 Å². The molecular weight excluding hydrogens is 1690 g/mol. The fraction of sp³-hybridized carbons (Fsp3) is 0.500. The molecule has 0 saturated carbocycles. The summed E-state index contributed by atoms with van der Waals surface area (Å²) in [7, 11) is 0. The zero-order valence-corrected chi connectivity index (χ0v) is 79.8. The lowest BCUT2D eigenvalue weighted by atomic mass is 9.94. The fourth-order valence-electron chi connectivity index (χ4n) is 16.8. The molecule has 700 valence electrons. The fourth-order valence-corrected chi connectivity index (χ4v) is 17.2. The molecule has 4 saturated heterocycles. The van der Waals surface area contributed by atoms with E-state index in [1.807, 2.05) is 196 Å². The Bertz CT molecular complexity index is 4660. The van der Waals surface area contributed by atoms with Crippen molar-refractivity contribution >= 4 is 93.6 Å². The predicted octanol–water partition coefficient (Wildman–Crippen LogP) is 19.5. The van der Waals surface area contributed by atoms with Crippen LogP contribution in [0.1, 0.15) is 239 Å². The number of hydrogen-bond acceptors (Lipinski definition) is 20. The highest BCUT2D eigenvalue weighted by Crippen LogP contribution is 2.33. The van der Waals surface area contributed by atoms with Crippen molar-refractivity contribution in [2.24, 2.45) is 44.3 Å². The smallest absolute Gasteiger partial charge is 0.339 e. The maximum absolute atomic E-state index is 12.9. The number of carbonyl (C=O) groups is 8. The van der Waals surface area contributed by atoms with E-state index in [2.05, 4.69) is 60.5 Å². The number of likely N-dealkylation sites (tertiary alicyclic amines) is 4. The van der Waals surface area contributed by atoms with E-state index >= 15 is 0 Å². The Morgan fingerprint density at radius 1 is 0.323 bits per heavy atom. The molecule has 4 unspecified atom stereocenters. The highest BCUT2D eigenvalue weighted by Gasteiger charge is 2.28. The molecule has 24 nitrogen and oxygen atoms in total. The van der Waals surface area contributed by atoms with Gasteiger partial charge < -0.3 is 57.9 Å². The topological polar surface area (TPSA) is 273 Å². The molecule has 4 aromatic carbocycles. The molecule has 4 fully saturated rings. The summed E-state index contributed by atoms with van der Waals surface area (Å²) >= 11 is 13.3. The molecule has 0 bridgehead atoms. The van der Waals surface area contributed by atoms with Crippen molar-refractivity contribution in [1.82, 2.24) is 19.6 Å². The number of piperidine rings is 4. The number of aryl methyl sites for hydroxylation is 8. The van der Waals surface area contributed by atoms with Crippen molar-refractivity contribution in [1.29, 1.82) is 0 Å². The zero-order valence-electron chi connectivity index (χ0n) is 78.3. The lowest BCUT2D eigenvalue weighted by Gasteiger charge is -2.26. The molecule has 0 aromatic heterocycles. The zero-order chi connectivity index (χ0) is 93.4. The number of carbonyl (C=O) groups excluding carboxylic acids is 8. The first-order chi connectivity index (χ1) is 62.6. The van der Waals surface area contributed by atoms with Crippen LogP contribution in [-0.2, 0) is 83.2 Å². The van der Waals surface area contributed by atoms with E-state index in [9.17, 15) is 38.4 Å². The Morgan fingerprint density at radius 2 is 0.562 bits per heavy atom. The molecule has 0 radical (unpaired) electrons. The van der Waals surface area contributed by atoms with Gasteiger partial charge in [0.1, 0.15) is 26.4 Å². The number of ether oxygens (including phenoxy) is 4. The van der Waals surface area contributed by atoms with E-state index in [4.69, 9.17) is 61.5 Å². The number of esters is 4. The van der Waals surface area contributed by atoms with Crippen molar-refractivity contribution in [2.45, 2.75) is 212 Å². The third kappa shape index (κ3) is 33.4. The highest BCUT2D eigenvalue weighted by atomic mass is 35.5. The van der Waals surface area contributed by atoms with Crippen LogP contribution in [0.3, 0.4) is 0 Å². The highest BCUT2D eigenvalue weighted by molar-refractivity contribution is 6.33. The minimum atomic E-state index is -0.412. The number of oxime groups is 4. The number of allylic oxidation sites excluding steroid dienone is 12. The van der Waals surface area contributed by atoms with Crippen molar-refractivity contribution in [3.05, 3.63) is 233 Å². The van der Waals surface area contributed by atoms with Crippen LogP contribution < -0.4 is 0 Å². The van der Waals surface area contributed by atoms with E-state index in [-0.39, 0.29) is 100 Å². The molecule has 8 heterocycles. The second-order valence-corrected chi connectivity index (χ2v) is 35.8. The molecule has 8 aliphatic heterocycles. The van der Waals surface area contributed by atoms with Gasteiger partial charge in [0.05, 0.1) is 45.1 Å². The van der Waals surface area contributed by atoms with E-state index in [0.717, 1.165) is 198 Å². The monoisotopic (exact) mass is 1820 g/mol. The Kier molecular flexibility index (Phi) is 42.7. The summed E-state index contributed by atoms with van der Waals surface area (Å²) in [5.41, 5.74) is 14.8. The predicted molar refractivity (Wildman–Crippen MR) is 513 cm³/mol. The summed E-state index contributed by atoms with van der Waals surface area (Å²) in [6.45, 7) is 30.6. The van der Waals surface area contributed by atoms with Crippen molar-refractivity contribution in [3.63, 3.8) is 0 Å². The summed E-state index contributed by atoms with van der Waals surface area (Å²) in [5.74, 6) is -0.501. The van der Waals surface area contributed by atoms with Gasteiger partial charge in [0.25, 0.3) is 23.6 Å². The summed E-state index contributed by atoms with van der Waals surface area (Å²) in [4.78, 5) is 130. The molecular formula is C104H134Cl2N8O16. The Labute approximate surface area is 778 Å². The van der Waals surface area contributed by atoms with E-state index in [0.29, 0.717) is 104 Å². The number of halogens is 2. The van der Waals surface area contributed by atoms with Gasteiger partial charge in [0.2, 0.25) is 0 Å². The molecule has 4 aromatic rings. The normalized spacial score (nSPS) is 23.1.